The Morgan fingerprint density at radius 3 is 2.36 bits per heavy atom. The van der Waals surface area contributed by atoms with Crippen molar-refractivity contribution in [1.29, 1.82) is 0 Å². The fraction of sp³-hybridized carbons (Fsp3) is 0.833. The van der Waals surface area contributed by atoms with Gasteiger partial charge in [0.25, 0.3) is 0 Å². The third-order valence-electron chi connectivity index (χ3n) is 2.26. The van der Waals surface area contributed by atoms with Crippen LogP contribution in [0, 0.1) is 5.41 Å². The lowest BCUT2D eigenvalue weighted by molar-refractivity contribution is 0.0323. The highest BCUT2D eigenvalue weighted by Crippen LogP contribution is 2.39. The zero-order valence-corrected chi connectivity index (χ0v) is 6.76. The molecule has 2 rings (SSSR count). The van der Waals surface area contributed by atoms with E-state index in [0.717, 1.165) is 0 Å². The normalized spacial score (nSPS) is 27.8. The topological polar surface area (TPSA) is 57.6 Å². The molecule has 0 unspecified atom stereocenters. The van der Waals surface area contributed by atoms with Gasteiger partial charge in [-0.15, -0.1) is 0 Å². The van der Waals surface area contributed by atoms with Crippen LogP contribution < -0.4 is 0 Å². The Kier molecular flexibility index (Phi) is 1.27. The molecule has 0 aromatic carbocycles. The predicted octanol–water partition coefficient (Wildman–Crippen LogP) is -0.271. The predicted molar refractivity (Wildman–Crippen MR) is 39.9 cm³/mol. The summed E-state index contributed by atoms with van der Waals surface area (Å²) in [6.07, 6.45) is -0.853. The molecule has 2 aliphatic heterocycles. The molecule has 2 aliphatic rings. The van der Waals surface area contributed by atoms with Crippen LogP contribution in [-0.4, -0.2) is 44.9 Å². The van der Waals surface area contributed by atoms with Crippen LogP contribution in [0.2, 0.25) is 0 Å². The quantitative estimate of drug-likeness (QED) is 0.551. The molecule has 5 heteroatoms. The number of likely N-dealkylation sites (tertiary alicyclic amines) is 1. The zero-order valence-electron chi connectivity index (χ0n) is 5.95. The summed E-state index contributed by atoms with van der Waals surface area (Å²) < 4.78 is 10.7. The van der Waals surface area contributed by atoms with Crippen molar-refractivity contribution < 1.29 is 14.1 Å². The first-order valence-corrected chi connectivity index (χ1v) is 4.93. The van der Waals surface area contributed by atoms with Crippen LogP contribution in [-0.2, 0) is 10.8 Å². The van der Waals surface area contributed by atoms with E-state index in [1.165, 1.54) is 4.90 Å². The van der Waals surface area contributed by atoms with Crippen molar-refractivity contribution in [2.75, 3.05) is 24.6 Å². The minimum absolute atomic E-state index is 0.114. The Balaban J connectivity index is 1.89. The smallest absolute Gasteiger partial charge is 0.407 e. The van der Waals surface area contributed by atoms with Gasteiger partial charge in [0.1, 0.15) is 0 Å². The van der Waals surface area contributed by atoms with E-state index in [1.807, 2.05) is 0 Å². The maximum atomic E-state index is 10.7. The van der Waals surface area contributed by atoms with Crippen LogP contribution in [0.15, 0.2) is 0 Å². The zero-order chi connectivity index (χ0) is 8.06. The molecule has 1 amide bonds. The lowest BCUT2D eigenvalue weighted by Gasteiger charge is -2.53. The minimum Gasteiger partial charge on any atom is -0.465 e. The van der Waals surface area contributed by atoms with Gasteiger partial charge in [-0.2, -0.15) is 0 Å². The maximum absolute atomic E-state index is 10.7. The Labute approximate surface area is 66.6 Å². The summed E-state index contributed by atoms with van der Waals surface area (Å²) in [7, 11) is -0.658. The number of carboxylic acid groups (broad SMARTS) is 1. The number of carbonyl (C=O) groups is 1. The molecule has 2 heterocycles. The molecule has 1 spiro atoms. The van der Waals surface area contributed by atoms with Gasteiger partial charge in [0.05, 0.1) is 0 Å². The second-order valence-corrected chi connectivity index (χ2v) is 4.82. The number of amides is 1. The van der Waals surface area contributed by atoms with Crippen molar-refractivity contribution in [1.82, 2.24) is 4.90 Å². The van der Waals surface area contributed by atoms with Crippen molar-refractivity contribution in [2.24, 2.45) is 5.41 Å². The van der Waals surface area contributed by atoms with Crippen LogP contribution >= 0.6 is 0 Å². The van der Waals surface area contributed by atoms with Crippen molar-refractivity contribution in [2.45, 2.75) is 0 Å². The third kappa shape index (κ3) is 0.946. The molecule has 0 radical (unpaired) electrons. The average Bonchev–Trinajstić information content (AvgIpc) is 1.73. The van der Waals surface area contributed by atoms with Gasteiger partial charge >= 0.3 is 6.09 Å². The van der Waals surface area contributed by atoms with Crippen molar-refractivity contribution in [3.05, 3.63) is 0 Å². The molecular weight excluding hydrogens is 166 g/mol. The van der Waals surface area contributed by atoms with E-state index in [0.29, 0.717) is 24.6 Å². The van der Waals surface area contributed by atoms with Gasteiger partial charge in [-0.3, -0.25) is 4.21 Å². The fourth-order valence-corrected chi connectivity index (χ4v) is 3.37. The van der Waals surface area contributed by atoms with Gasteiger partial charge < -0.3 is 10.0 Å². The monoisotopic (exact) mass is 175 g/mol. The number of hydrogen-bond acceptors (Lipinski definition) is 2. The Morgan fingerprint density at radius 1 is 1.45 bits per heavy atom. The van der Waals surface area contributed by atoms with Crippen LogP contribution in [0.25, 0.3) is 0 Å². The molecule has 4 nitrogen and oxygen atoms in total. The van der Waals surface area contributed by atoms with Crippen LogP contribution in [0.3, 0.4) is 0 Å². The molecular formula is C6H9NO3S. The highest BCUT2D eigenvalue weighted by atomic mass is 32.2. The lowest BCUT2D eigenvalue weighted by atomic mass is 9.83. The van der Waals surface area contributed by atoms with Gasteiger partial charge in [0.15, 0.2) is 0 Å². The van der Waals surface area contributed by atoms with Crippen LogP contribution in [0.1, 0.15) is 0 Å². The average molecular weight is 175 g/mol. The SMILES string of the molecule is O=C(O)N1CC2(C1)CS(=O)C2. The van der Waals surface area contributed by atoms with Gasteiger partial charge in [-0.05, 0) is 0 Å². The molecule has 2 saturated heterocycles. The van der Waals surface area contributed by atoms with Crippen molar-refractivity contribution in [3.63, 3.8) is 0 Å². The van der Waals surface area contributed by atoms with E-state index in [1.54, 1.807) is 0 Å². The summed E-state index contributed by atoms with van der Waals surface area (Å²) in [6, 6.07) is 0. The molecule has 0 aromatic rings. The molecule has 62 valence electrons. The number of nitrogens with zero attached hydrogens (tertiary/aromatic N) is 1. The number of hydrogen-bond donors (Lipinski definition) is 1. The number of rotatable bonds is 0. The maximum Gasteiger partial charge on any atom is 0.407 e. The first kappa shape index (κ1) is 7.09. The van der Waals surface area contributed by atoms with E-state index < -0.39 is 16.9 Å². The van der Waals surface area contributed by atoms with Crippen LogP contribution in [0.4, 0.5) is 4.79 Å². The second-order valence-electron chi connectivity index (χ2n) is 3.37. The minimum atomic E-state index is -0.853. The van der Waals surface area contributed by atoms with Gasteiger partial charge in [-0.25, -0.2) is 4.79 Å². The Morgan fingerprint density at radius 2 is 2.00 bits per heavy atom. The Bertz CT molecular complexity index is 224. The van der Waals surface area contributed by atoms with Crippen molar-refractivity contribution >= 4 is 16.9 Å². The molecule has 0 saturated carbocycles. The summed E-state index contributed by atoms with van der Waals surface area (Å²) in [5.41, 5.74) is 0.114. The summed E-state index contributed by atoms with van der Waals surface area (Å²) >= 11 is 0. The van der Waals surface area contributed by atoms with E-state index in [9.17, 15) is 9.00 Å². The first-order valence-electron chi connectivity index (χ1n) is 3.44. The largest absolute Gasteiger partial charge is 0.465 e. The highest BCUT2D eigenvalue weighted by Gasteiger charge is 2.53. The van der Waals surface area contributed by atoms with Crippen molar-refractivity contribution in [3.8, 4) is 0 Å². The third-order valence-corrected chi connectivity index (χ3v) is 4.13. The second kappa shape index (κ2) is 1.97. The molecule has 0 atom stereocenters. The molecule has 0 aromatic heterocycles. The van der Waals surface area contributed by atoms with Gasteiger partial charge in [0, 0.05) is 40.8 Å². The van der Waals surface area contributed by atoms with E-state index >= 15 is 0 Å². The summed E-state index contributed by atoms with van der Waals surface area (Å²) in [5.74, 6) is 1.41. The summed E-state index contributed by atoms with van der Waals surface area (Å²) in [5, 5.41) is 8.50. The van der Waals surface area contributed by atoms with E-state index in [-0.39, 0.29) is 5.41 Å². The summed E-state index contributed by atoms with van der Waals surface area (Å²) in [6.45, 7) is 1.18. The molecule has 2 fully saturated rings. The van der Waals surface area contributed by atoms with Gasteiger partial charge in [0.2, 0.25) is 0 Å². The van der Waals surface area contributed by atoms with Crippen LogP contribution in [0.5, 0.6) is 0 Å². The molecule has 11 heavy (non-hydrogen) atoms. The fourth-order valence-electron chi connectivity index (χ4n) is 1.72. The van der Waals surface area contributed by atoms with E-state index in [4.69, 9.17) is 5.11 Å². The molecule has 0 bridgehead atoms. The molecule has 1 N–H and O–H groups in total. The Hall–Kier alpha value is -0.580. The van der Waals surface area contributed by atoms with Gasteiger partial charge in [-0.1, -0.05) is 0 Å². The molecule has 0 aliphatic carbocycles. The lowest BCUT2D eigenvalue weighted by Crippen LogP contribution is -2.67. The highest BCUT2D eigenvalue weighted by molar-refractivity contribution is 7.86. The first-order chi connectivity index (χ1) is 5.11. The van der Waals surface area contributed by atoms with E-state index in [2.05, 4.69) is 0 Å². The standard InChI is InChI=1S/C6H9NO3S/c8-5(9)7-1-6(2-7)3-11(10)4-6/h1-4H2,(H,8,9). The summed E-state index contributed by atoms with van der Waals surface area (Å²) in [4.78, 5) is 11.7.